The molecule has 2 aliphatic rings. The summed E-state index contributed by atoms with van der Waals surface area (Å²) < 4.78 is 5.55. The van der Waals surface area contributed by atoms with E-state index in [4.69, 9.17) is 9.84 Å². The monoisotopic (exact) mass is 491 g/mol. The van der Waals surface area contributed by atoms with Crippen LogP contribution in [0.5, 0.6) is 0 Å². The van der Waals surface area contributed by atoms with E-state index in [0.717, 1.165) is 22.3 Å². The summed E-state index contributed by atoms with van der Waals surface area (Å²) in [6, 6.07) is 16.3. The number of nitrogens with zero attached hydrogens (tertiary/aromatic N) is 1. The van der Waals surface area contributed by atoms with Crippen molar-refractivity contribution in [3.63, 3.8) is 0 Å². The van der Waals surface area contributed by atoms with Crippen LogP contribution >= 0.6 is 11.3 Å². The van der Waals surface area contributed by atoms with Gasteiger partial charge in [-0.1, -0.05) is 48.5 Å². The lowest BCUT2D eigenvalue weighted by Crippen LogP contribution is -2.38. The summed E-state index contributed by atoms with van der Waals surface area (Å²) in [7, 11) is 0. The van der Waals surface area contributed by atoms with Gasteiger partial charge in [-0.2, -0.15) is 0 Å². The van der Waals surface area contributed by atoms with E-state index in [1.54, 1.807) is 6.92 Å². The molecule has 5 rings (SSSR count). The fourth-order valence-electron chi connectivity index (χ4n) is 4.62. The average molecular weight is 492 g/mol. The molecule has 3 N–H and O–H groups in total. The number of aromatic nitrogens is 1. The van der Waals surface area contributed by atoms with Crippen LogP contribution in [0.15, 0.2) is 48.5 Å². The Morgan fingerprint density at radius 2 is 1.71 bits per heavy atom. The van der Waals surface area contributed by atoms with Gasteiger partial charge in [0, 0.05) is 5.92 Å². The molecule has 1 heterocycles. The first kappa shape index (κ1) is 23.0. The van der Waals surface area contributed by atoms with Crippen molar-refractivity contribution >= 4 is 29.3 Å². The summed E-state index contributed by atoms with van der Waals surface area (Å²) in [6.45, 7) is 2.07. The Bertz CT molecular complexity index is 1270. The number of ether oxygens (including phenoxy) is 1. The Balaban J connectivity index is 1.17. The summed E-state index contributed by atoms with van der Waals surface area (Å²) >= 11 is 1.18. The van der Waals surface area contributed by atoms with Crippen LogP contribution in [-0.4, -0.2) is 40.2 Å². The molecule has 35 heavy (non-hydrogen) atoms. The van der Waals surface area contributed by atoms with E-state index in [1.165, 1.54) is 11.3 Å². The minimum atomic E-state index is -0.934. The minimum Gasteiger partial charge on any atom is -0.481 e. The number of alkyl carbamates (subject to hydrolysis) is 1. The number of carboxylic acids is 1. The number of aliphatic carboxylic acids is 1. The number of aryl methyl sites for hydroxylation is 1. The Kier molecular flexibility index (Phi) is 6.02. The molecule has 8 nitrogen and oxygen atoms in total. The van der Waals surface area contributed by atoms with Crippen molar-refractivity contribution in [3.05, 3.63) is 75.2 Å². The molecule has 1 saturated carbocycles. The molecule has 0 aliphatic heterocycles. The number of fused-ring (bicyclic) bond motifs is 3. The van der Waals surface area contributed by atoms with E-state index in [9.17, 15) is 14.4 Å². The topological polar surface area (TPSA) is 118 Å². The minimum absolute atomic E-state index is 0.0221. The third-order valence-electron chi connectivity index (χ3n) is 6.50. The second-order valence-electron chi connectivity index (χ2n) is 9.01. The van der Waals surface area contributed by atoms with Gasteiger partial charge in [0.05, 0.1) is 24.2 Å². The van der Waals surface area contributed by atoms with Gasteiger partial charge in [0.25, 0.3) is 5.91 Å². The lowest BCUT2D eigenvalue weighted by Gasteiger charge is -2.14. The summed E-state index contributed by atoms with van der Waals surface area (Å²) in [5, 5.41) is 15.2. The molecule has 1 aromatic heterocycles. The number of benzene rings is 2. The number of hydrogen-bond donors (Lipinski definition) is 3. The van der Waals surface area contributed by atoms with Crippen molar-refractivity contribution in [2.75, 3.05) is 6.61 Å². The molecular weight excluding hydrogens is 466 g/mol. The Morgan fingerprint density at radius 3 is 2.31 bits per heavy atom. The van der Waals surface area contributed by atoms with Crippen LogP contribution in [0, 0.1) is 6.92 Å². The second kappa shape index (κ2) is 9.14. The van der Waals surface area contributed by atoms with E-state index >= 15 is 0 Å². The van der Waals surface area contributed by atoms with Crippen molar-refractivity contribution in [1.82, 2.24) is 15.6 Å². The van der Waals surface area contributed by atoms with Gasteiger partial charge in [0.15, 0.2) is 0 Å². The SMILES string of the molecule is Cc1nc(CNC(=O)OCC2c3ccccc3-c3ccccc32)sc1C(=O)NC1(CC(=O)O)CC1. The number of rotatable bonds is 8. The molecule has 2 amide bonds. The molecule has 9 heteroatoms. The highest BCUT2D eigenvalue weighted by molar-refractivity contribution is 7.13. The van der Waals surface area contributed by atoms with Gasteiger partial charge in [-0.3, -0.25) is 9.59 Å². The van der Waals surface area contributed by atoms with Gasteiger partial charge < -0.3 is 20.5 Å². The summed E-state index contributed by atoms with van der Waals surface area (Å²) in [5.74, 6) is -1.28. The highest BCUT2D eigenvalue weighted by Gasteiger charge is 2.46. The first-order chi connectivity index (χ1) is 16.8. The van der Waals surface area contributed by atoms with Gasteiger partial charge >= 0.3 is 12.1 Å². The highest BCUT2D eigenvalue weighted by Crippen LogP contribution is 2.44. The number of amides is 2. The van der Waals surface area contributed by atoms with Crippen LogP contribution in [0.2, 0.25) is 0 Å². The average Bonchev–Trinajstić information content (AvgIpc) is 3.34. The summed E-state index contributed by atoms with van der Waals surface area (Å²) in [5.41, 5.74) is 4.50. The van der Waals surface area contributed by atoms with Gasteiger partial charge in [-0.15, -0.1) is 11.3 Å². The van der Waals surface area contributed by atoms with Crippen LogP contribution in [0.3, 0.4) is 0 Å². The Morgan fingerprint density at radius 1 is 1.09 bits per heavy atom. The summed E-state index contributed by atoms with van der Waals surface area (Å²) in [6.07, 6.45) is 0.662. The molecular formula is C26H25N3O5S. The van der Waals surface area contributed by atoms with Crippen molar-refractivity contribution < 1.29 is 24.2 Å². The van der Waals surface area contributed by atoms with Gasteiger partial charge in [-0.05, 0) is 42.0 Å². The summed E-state index contributed by atoms with van der Waals surface area (Å²) in [4.78, 5) is 40.9. The maximum Gasteiger partial charge on any atom is 0.407 e. The maximum absolute atomic E-state index is 12.7. The largest absolute Gasteiger partial charge is 0.481 e. The fraction of sp³-hybridized carbons (Fsp3) is 0.308. The molecule has 0 radical (unpaired) electrons. The van der Waals surface area contributed by atoms with E-state index in [2.05, 4.69) is 39.9 Å². The standard InChI is InChI=1S/C26H25N3O5S/c1-15-23(24(32)29-26(10-11-26)12-22(30)31)35-21(28-15)13-27-25(33)34-14-20-18-8-4-2-6-16(18)17-7-3-5-9-19(17)20/h2-9,20H,10-14H2,1H3,(H,27,33)(H,29,32)(H,30,31). The zero-order valence-corrected chi connectivity index (χ0v) is 20.0. The third-order valence-corrected chi connectivity index (χ3v) is 7.65. The molecule has 2 aromatic carbocycles. The molecule has 0 spiro atoms. The number of thiazole rings is 1. The molecule has 3 aromatic rings. The van der Waals surface area contributed by atoms with Gasteiger partial charge in [0.2, 0.25) is 0 Å². The molecule has 180 valence electrons. The predicted molar refractivity (Wildman–Crippen MR) is 130 cm³/mol. The van der Waals surface area contributed by atoms with Crippen LogP contribution in [0.25, 0.3) is 11.1 Å². The van der Waals surface area contributed by atoms with E-state index in [1.807, 2.05) is 24.3 Å². The van der Waals surface area contributed by atoms with E-state index < -0.39 is 17.6 Å². The second-order valence-corrected chi connectivity index (χ2v) is 10.1. The van der Waals surface area contributed by atoms with Crippen molar-refractivity contribution in [3.8, 4) is 11.1 Å². The van der Waals surface area contributed by atoms with Crippen LogP contribution in [0.1, 0.15) is 56.7 Å². The number of carbonyl (C=O) groups is 3. The van der Waals surface area contributed by atoms with Crippen molar-refractivity contribution in [2.24, 2.45) is 0 Å². The highest BCUT2D eigenvalue weighted by atomic mass is 32.1. The number of carbonyl (C=O) groups excluding carboxylic acids is 2. The molecule has 1 fully saturated rings. The van der Waals surface area contributed by atoms with Gasteiger partial charge in [0.1, 0.15) is 16.5 Å². The Labute approximate surface area is 206 Å². The molecule has 0 bridgehead atoms. The smallest absolute Gasteiger partial charge is 0.407 e. The van der Waals surface area contributed by atoms with E-state index in [-0.39, 0.29) is 31.4 Å². The van der Waals surface area contributed by atoms with Crippen LogP contribution < -0.4 is 10.6 Å². The Hall–Kier alpha value is -3.72. The molecule has 0 unspecified atom stereocenters. The zero-order valence-electron chi connectivity index (χ0n) is 19.2. The normalized spacial score (nSPS) is 15.1. The lowest BCUT2D eigenvalue weighted by atomic mass is 9.98. The zero-order chi connectivity index (χ0) is 24.6. The first-order valence-corrected chi connectivity index (χ1v) is 12.3. The maximum atomic E-state index is 12.7. The van der Waals surface area contributed by atoms with Crippen molar-refractivity contribution in [1.29, 1.82) is 0 Å². The lowest BCUT2D eigenvalue weighted by molar-refractivity contribution is -0.137. The predicted octanol–water partition coefficient (Wildman–Crippen LogP) is 4.23. The fourth-order valence-corrected chi connectivity index (χ4v) is 5.52. The quantitative estimate of drug-likeness (QED) is 0.434. The molecule has 0 atom stereocenters. The van der Waals surface area contributed by atoms with Crippen LogP contribution in [-0.2, 0) is 16.1 Å². The first-order valence-electron chi connectivity index (χ1n) is 11.4. The number of carboxylic acid groups (broad SMARTS) is 1. The molecule has 2 aliphatic carbocycles. The van der Waals surface area contributed by atoms with Gasteiger partial charge in [-0.25, -0.2) is 9.78 Å². The number of nitrogens with one attached hydrogen (secondary N) is 2. The van der Waals surface area contributed by atoms with Crippen LogP contribution in [0.4, 0.5) is 4.79 Å². The van der Waals surface area contributed by atoms with E-state index in [0.29, 0.717) is 28.4 Å². The third kappa shape index (κ3) is 4.77. The number of hydrogen-bond acceptors (Lipinski definition) is 6. The van der Waals surface area contributed by atoms with Crippen molar-refractivity contribution in [2.45, 2.75) is 44.2 Å². The molecule has 0 saturated heterocycles.